The SMILES string of the molecule is CCN(CC(=O)NC(C)c1ccccc1)CC1COc2ccccc2O1. The number of carbonyl (C=O) groups excluding carboxylic acids is 1. The number of hydrogen-bond donors (Lipinski definition) is 1. The summed E-state index contributed by atoms with van der Waals surface area (Å²) in [5.74, 6) is 1.56. The lowest BCUT2D eigenvalue weighted by molar-refractivity contribution is -0.123. The monoisotopic (exact) mass is 354 g/mol. The van der Waals surface area contributed by atoms with Crippen molar-refractivity contribution in [2.45, 2.75) is 26.0 Å². The minimum Gasteiger partial charge on any atom is -0.486 e. The van der Waals surface area contributed by atoms with Crippen LogP contribution < -0.4 is 14.8 Å². The number of nitrogens with zero attached hydrogens (tertiary/aromatic N) is 1. The van der Waals surface area contributed by atoms with Gasteiger partial charge in [-0.2, -0.15) is 0 Å². The fourth-order valence-corrected chi connectivity index (χ4v) is 3.06. The van der Waals surface area contributed by atoms with Gasteiger partial charge in [0.25, 0.3) is 0 Å². The van der Waals surface area contributed by atoms with Crippen molar-refractivity contribution in [1.82, 2.24) is 10.2 Å². The Morgan fingerprint density at radius 2 is 1.85 bits per heavy atom. The maximum Gasteiger partial charge on any atom is 0.234 e. The lowest BCUT2D eigenvalue weighted by Gasteiger charge is -2.30. The molecule has 1 N–H and O–H groups in total. The normalized spacial score (nSPS) is 17.0. The fourth-order valence-electron chi connectivity index (χ4n) is 3.06. The average Bonchev–Trinajstić information content (AvgIpc) is 2.68. The Hall–Kier alpha value is -2.53. The standard InChI is InChI=1S/C21H26N2O3/c1-3-23(13-18-15-25-19-11-7-8-12-20(19)26-18)14-21(24)22-16(2)17-9-5-4-6-10-17/h4-12,16,18H,3,13-15H2,1-2H3,(H,22,24). The van der Waals surface area contributed by atoms with E-state index in [1.807, 2.05) is 68.4 Å². The molecule has 26 heavy (non-hydrogen) atoms. The van der Waals surface area contributed by atoms with Gasteiger partial charge in [0.1, 0.15) is 12.7 Å². The molecule has 3 rings (SSSR count). The fraction of sp³-hybridized carbons (Fsp3) is 0.381. The molecule has 0 aromatic heterocycles. The largest absolute Gasteiger partial charge is 0.486 e. The van der Waals surface area contributed by atoms with Crippen LogP contribution in [0.25, 0.3) is 0 Å². The first-order valence-electron chi connectivity index (χ1n) is 9.11. The van der Waals surface area contributed by atoms with Gasteiger partial charge in [0.15, 0.2) is 11.5 Å². The minimum atomic E-state index is -0.0794. The van der Waals surface area contributed by atoms with Gasteiger partial charge in [-0.1, -0.05) is 49.4 Å². The van der Waals surface area contributed by atoms with Gasteiger partial charge in [0.2, 0.25) is 5.91 Å². The van der Waals surface area contributed by atoms with Crippen molar-refractivity contribution in [3.05, 3.63) is 60.2 Å². The van der Waals surface area contributed by atoms with Crippen LogP contribution >= 0.6 is 0 Å². The molecule has 2 atom stereocenters. The molecule has 1 amide bonds. The lowest BCUT2D eigenvalue weighted by atomic mass is 10.1. The molecule has 2 aromatic rings. The zero-order chi connectivity index (χ0) is 18.4. The molecule has 0 aliphatic carbocycles. The summed E-state index contributed by atoms with van der Waals surface area (Å²) in [7, 11) is 0. The first-order valence-corrected chi connectivity index (χ1v) is 9.11. The van der Waals surface area contributed by atoms with Crippen LogP contribution in [0.2, 0.25) is 0 Å². The minimum absolute atomic E-state index is 0.0106. The second kappa shape index (κ2) is 8.72. The Morgan fingerprint density at radius 3 is 2.58 bits per heavy atom. The van der Waals surface area contributed by atoms with Crippen LogP contribution in [-0.4, -0.2) is 43.2 Å². The summed E-state index contributed by atoms with van der Waals surface area (Å²) in [4.78, 5) is 14.5. The quantitative estimate of drug-likeness (QED) is 0.830. The topological polar surface area (TPSA) is 50.8 Å². The maximum atomic E-state index is 12.4. The Balaban J connectivity index is 1.51. The third kappa shape index (κ3) is 4.76. The highest BCUT2D eigenvalue weighted by Gasteiger charge is 2.23. The van der Waals surface area contributed by atoms with Gasteiger partial charge in [-0.05, 0) is 31.2 Å². The molecule has 1 heterocycles. The molecule has 0 fully saturated rings. The highest BCUT2D eigenvalue weighted by Crippen LogP contribution is 2.30. The van der Waals surface area contributed by atoms with Gasteiger partial charge < -0.3 is 14.8 Å². The van der Waals surface area contributed by atoms with Crippen LogP contribution in [0, 0.1) is 0 Å². The van der Waals surface area contributed by atoms with Crippen LogP contribution in [0.4, 0.5) is 0 Å². The molecule has 2 aromatic carbocycles. The second-order valence-corrected chi connectivity index (χ2v) is 6.53. The zero-order valence-corrected chi connectivity index (χ0v) is 15.4. The van der Waals surface area contributed by atoms with Crippen molar-refractivity contribution in [2.24, 2.45) is 0 Å². The van der Waals surface area contributed by atoms with Crippen molar-refractivity contribution in [1.29, 1.82) is 0 Å². The van der Waals surface area contributed by atoms with Crippen LogP contribution in [-0.2, 0) is 4.79 Å². The summed E-state index contributed by atoms with van der Waals surface area (Å²) in [6, 6.07) is 17.6. The molecule has 0 saturated heterocycles. The molecule has 1 aliphatic heterocycles. The Morgan fingerprint density at radius 1 is 1.15 bits per heavy atom. The van der Waals surface area contributed by atoms with Crippen molar-refractivity contribution in [3.63, 3.8) is 0 Å². The summed E-state index contributed by atoms with van der Waals surface area (Å²) in [6.45, 7) is 6.31. The summed E-state index contributed by atoms with van der Waals surface area (Å²) >= 11 is 0. The summed E-state index contributed by atoms with van der Waals surface area (Å²) < 4.78 is 11.8. The molecule has 1 aliphatic rings. The number of likely N-dealkylation sites (N-methyl/N-ethyl adjacent to an activating group) is 1. The van der Waals surface area contributed by atoms with Crippen molar-refractivity contribution >= 4 is 5.91 Å². The Labute approximate surface area is 154 Å². The van der Waals surface area contributed by atoms with E-state index in [9.17, 15) is 4.79 Å². The number of carbonyl (C=O) groups is 1. The molecule has 0 bridgehead atoms. The van der Waals surface area contributed by atoms with Crippen molar-refractivity contribution in [3.8, 4) is 11.5 Å². The van der Waals surface area contributed by atoms with E-state index in [2.05, 4.69) is 10.2 Å². The maximum absolute atomic E-state index is 12.4. The van der Waals surface area contributed by atoms with E-state index in [0.29, 0.717) is 19.7 Å². The Kier molecular flexibility index (Phi) is 6.12. The van der Waals surface area contributed by atoms with Crippen molar-refractivity contribution < 1.29 is 14.3 Å². The highest BCUT2D eigenvalue weighted by molar-refractivity contribution is 5.78. The van der Waals surface area contributed by atoms with Crippen LogP contribution in [0.3, 0.4) is 0 Å². The number of benzene rings is 2. The van der Waals surface area contributed by atoms with E-state index in [1.165, 1.54) is 0 Å². The number of ether oxygens (including phenoxy) is 2. The smallest absolute Gasteiger partial charge is 0.234 e. The number of rotatable bonds is 7. The second-order valence-electron chi connectivity index (χ2n) is 6.53. The molecule has 0 saturated carbocycles. The summed E-state index contributed by atoms with van der Waals surface area (Å²) in [5.41, 5.74) is 1.10. The summed E-state index contributed by atoms with van der Waals surface area (Å²) in [5, 5.41) is 3.06. The van der Waals surface area contributed by atoms with E-state index in [0.717, 1.165) is 23.6 Å². The molecule has 0 spiro atoms. The molecular formula is C21H26N2O3. The van der Waals surface area contributed by atoms with Gasteiger partial charge >= 0.3 is 0 Å². The van der Waals surface area contributed by atoms with E-state index in [1.54, 1.807) is 0 Å². The number of fused-ring (bicyclic) bond motifs is 1. The number of nitrogens with one attached hydrogen (secondary N) is 1. The number of amides is 1. The van der Waals surface area contributed by atoms with Crippen LogP contribution in [0.15, 0.2) is 54.6 Å². The average molecular weight is 354 g/mol. The van der Waals surface area contributed by atoms with Crippen LogP contribution in [0.5, 0.6) is 11.5 Å². The first kappa shape index (κ1) is 18.3. The van der Waals surface area contributed by atoms with E-state index >= 15 is 0 Å². The Bertz CT molecular complexity index is 720. The van der Waals surface area contributed by atoms with Gasteiger partial charge in [-0.25, -0.2) is 0 Å². The molecule has 5 nitrogen and oxygen atoms in total. The summed E-state index contributed by atoms with van der Waals surface area (Å²) in [6.07, 6.45) is -0.0794. The molecule has 2 unspecified atom stereocenters. The predicted molar refractivity (Wildman–Crippen MR) is 101 cm³/mol. The molecule has 138 valence electrons. The van der Waals surface area contributed by atoms with Crippen molar-refractivity contribution in [2.75, 3.05) is 26.2 Å². The van der Waals surface area contributed by atoms with E-state index in [4.69, 9.17) is 9.47 Å². The van der Waals surface area contributed by atoms with E-state index in [-0.39, 0.29) is 18.1 Å². The van der Waals surface area contributed by atoms with Gasteiger partial charge in [-0.3, -0.25) is 9.69 Å². The zero-order valence-electron chi connectivity index (χ0n) is 15.4. The third-order valence-electron chi connectivity index (χ3n) is 4.52. The van der Waals surface area contributed by atoms with Gasteiger partial charge in [0.05, 0.1) is 12.6 Å². The predicted octanol–water partition coefficient (Wildman–Crippen LogP) is 3.03. The molecule has 0 radical (unpaired) electrons. The highest BCUT2D eigenvalue weighted by atomic mass is 16.6. The first-order chi connectivity index (χ1) is 12.7. The molecular weight excluding hydrogens is 328 g/mol. The third-order valence-corrected chi connectivity index (χ3v) is 4.52. The van der Waals surface area contributed by atoms with Gasteiger partial charge in [-0.15, -0.1) is 0 Å². The van der Waals surface area contributed by atoms with E-state index < -0.39 is 0 Å². The lowest BCUT2D eigenvalue weighted by Crippen LogP contribution is -2.45. The number of hydrogen-bond acceptors (Lipinski definition) is 4. The number of para-hydroxylation sites is 2. The van der Waals surface area contributed by atoms with Gasteiger partial charge in [0, 0.05) is 6.54 Å². The molecule has 5 heteroatoms. The van der Waals surface area contributed by atoms with Crippen LogP contribution in [0.1, 0.15) is 25.5 Å².